The minimum atomic E-state index is -0.594. The fourth-order valence-corrected chi connectivity index (χ4v) is 2.23. The lowest BCUT2D eigenvalue weighted by molar-refractivity contribution is -0.123. The number of primary amides is 1. The van der Waals surface area contributed by atoms with Crippen LogP contribution in [0.3, 0.4) is 0 Å². The van der Waals surface area contributed by atoms with Crippen LogP contribution in [0, 0.1) is 13.8 Å². The highest BCUT2D eigenvalue weighted by molar-refractivity contribution is 6.02. The molecule has 0 fully saturated rings. The summed E-state index contributed by atoms with van der Waals surface area (Å²) in [4.78, 5) is 36.6. The Morgan fingerprint density at radius 1 is 1.17 bits per heavy atom. The van der Waals surface area contributed by atoms with Crippen molar-refractivity contribution in [2.45, 2.75) is 33.6 Å². The number of aryl methyl sites for hydroxylation is 1. The Morgan fingerprint density at radius 2 is 1.88 bits per heavy atom. The van der Waals surface area contributed by atoms with Gasteiger partial charge in [-0.25, -0.2) is 4.79 Å². The maximum absolute atomic E-state index is 12.0. The van der Waals surface area contributed by atoms with Crippen LogP contribution in [-0.2, 0) is 9.59 Å². The first kappa shape index (κ1) is 19.6. The van der Waals surface area contributed by atoms with Gasteiger partial charge in [0, 0.05) is 5.69 Å². The Labute approximate surface area is 142 Å². The van der Waals surface area contributed by atoms with Crippen molar-refractivity contribution in [3.05, 3.63) is 29.3 Å². The summed E-state index contributed by atoms with van der Waals surface area (Å²) in [5, 5.41) is 4.93. The molecule has 7 heteroatoms. The second kappa shape index (κ2) is 9.67. The highest BCUT2D eigenvalue weighted by atomic mass is 16.2. The average Bonchev–Trinajstić information content (AvgIpc) is 2.48. The lowest BCUT2D eigenvalue weighted by Crippen LogP contribution is -2.44. The number of amides is 4. The van der Waals surface area contributed by atoms with E-state index in [0.717, 1.165) is 24.0 Å². The molecule has 0 unspecified atom stereocenters. The van der Waals surface area contributed by atoms with Crippen LogP contribution < -0.4 is 16.4 Å². The molecule has 1 aromatic carbocycles. The number of nitrogens with zero attached hydrogens (tertiary/aromatic N) is 1. The van der Waals surface area contributed by atoms with Crippen LogP contribution >= 0.6 is 0 Å². The van der Waals surface area contributed by atoms with Crippen molar-refractivity contribution in [1.29, 1.82) is 0 Å². The topological polar surface area (TPSA) is 105 Å². The predicted molar refractivity (Wildman–Crippen MR) is 93.6 cm³/mol. The molecule has 132 valence electrons. The van der Waals surface area contributed by atoms with Gasteiger partial charge < -0.3 is 11.1 Å². The van der Waals surface area contributed by atoms with E-state index < -0.39 is 17.8 Å². The SMILES string of the molecule is CCCCN(CC(N)=O)CC(=O)NC(=O)Nc1cccc(C)c1C. The Kier molecular flexibility index (Phi) is 7.91. The lowest BCUT2D eigenvalue weighted by Gasteiger charge is -2.19. The average molecular weight is 334 g/mol. The number of imide groups is 1. The molecule has 0 atom stereocenters. The van der Waals surface area contributed by atoms with Crippen molar-refractivity contribution >= 4 is 23.5 Å². The van der Waals surface area contributed by atoms with E-state index in [4.69, 9.17) is 5.73 Å². The Morgan fingerprint density at radius 3 is 2.50 bits per heavy atom. The molecule has 0 aliphatic rings. The van der Waals surface area contributed by atoms with Gasteiger partial charge in [-0.1, -0.05) is 25.5 Å². The molecule has 24 heavy (non-hydrogen) atoms. The number of rotatable bonds is 8. The third-order valence-corrected chi connectivity index (χ3v) is 3.68. The van der Waals surface area contributed by atoms with Gasteiger partial charge in [-0.2, -0.15) is 0 Å². The standard InChI is InChI=1S/C17H26N4O3/c1-4-5-9-21(10-15(18)22)11-16(23)20-17(24)19-14-8-6-7-12(2)13(14)3/h6-8H,4-5,9-11H2,1-3H3,(H2,18,22)(H2,19,20,23,24). The van der Waals surface area contributed by atoms with Gasteiger partial charge in [-0.15, -0.1) is 0 Å². The third-order valence-electron chi connectivity index (χ3n) is 3.68. The van der Waals surface area contributed by atoms with Crippen molar-refractivity contribution in [3.8, 4) is 0 Å². The van der Waals surface area contributed by atoms with Crippen LogP contribution in [-0.4, -0.2) is 42.4 Å². The summed E-state index contributed by atoms with van der Waals surface area (Å²) < 4.78 is 0. The summed E-state index contributed by atoms with van der Waals surface area (Å²) in [6, 6.07) is 4.95. The lowest BCUT2D eigenvalue weighted by atomic mass is 10.1. The summed E-state index contributed by atoms with van der Waals surface area (Å²) in [6.45, 7) is 6.37. The van der Waals surface area contributed by atoms with E-state index in [2.05, 4.69) is 10.6 Å². The summed E-state index contributed by atoms with van der Waals surface area (Å²) >= 11 is 0. The monoisotopic (exact) mass is 334 g/mol. The second-order valence-electron chi connectivity index (χ2n) is 5.78. The van der Waals surface area contributed by atoms with Crippen LogP contribution in [0.2, 0.25) is 0 Å². The molecule has 1 aromatic rings. The molecule has 0 spiro atoms. The molecule has 7 nitrogen and oxygen atoms in total. The summed E-state index contributed by atoms with van der Waals surface area (Å²) in [7, 11) is 0. The largest absolute Gasteiger partial charge is 0.369 e. The number of hydrogen-bond donors (Lipinski definition) is 3. The minimum Gasteiger partial charge on any atom is -0.369 e. The van der Waals surface area contributed by atoms with Crippen LogP contribution in [0.25, 0.3) is 0 Å². The molecule has 0 saturated heterocycles. The maximum Gasteiger partial charge on any atom is 0.325 e. The van der Waals surface area contributed by atoms with Gasteiger partial charge in [-0.3, -0.25) is 19.8 Å². The molecule has 0 aromatic heterocycles. The van der Waals surface area contributed by atoms with Crippen molar-refractivity contribution in [3.63, 3.8) is 0 Å². The molecule has 0 radical (unpaired) electrons. The number of nitrogens with two attached hydrogens (primary N) is 1. The molecule has 4 N–H and O–H groups in total. The van der Waals surface area contributed by atoms with Gasteiger partial charge in [0.15, 0.2) is 0 Å². The number of benzene rings is 1. The molecule has 0 aliphatic carbocycles. The number of unbranched alkanes of at least 4 members (excludes halogenated alkanes) is 1. The van der Waals surface area contributed by atoms with Crippen molar-refractivity contribution in [2.24, 2.45) is 5.73 Å². The molecular formula is C17H26N4O3. The number of anilines is 1. The molecule has 1 rings (SSSR count). The number of hydrogen-bond acceptors (Lipinski definition) is 4. The van der Waals surface area contributed by atoms with E-state index in [0.29, 0.717) is 12.2 Å². The zero-order chi connectivity index (χ0) is 18.1. The quantitative estimate of drug-likeness (QED) is 0.670. The highest BCUT2D eigenvalue weighted by Gasteiger charge is 2.15. The van der Waals surface area contributed by atoms with Crippen LogP contribution in [0.1, 0.15) is 30.9 Å². The van der Waals surface area contributed by atoms with Gasteiger partial charge in [0.25, 0.3) is 0 Å². The first-order valence-electron chi connectivity index (χ1n) is 8.01. The molecule has 0 aliphatic heterocycles. The predicted octanol–water partition coefficient (Wildman–Crippen LogP) is 1.54. The molecule has 0 heterocycles. The van der Waals surface area contributed by atoms with Gasteiger partial charge in [0.1, 0.15) is 0 Å². The Balaban J connectivity index is 2.57. The van der Waals surface area contributed by atoms with E-state index >= 15 is 0 Å². The zero-order valence-corrected chi connectivity index (χ0v) is 14.5. The van der Waals surface area contributed by atoms with E-state index in [1.807, 2.05) is 32.9 Å². The van der Waals surface area contributed by atoms with Crippen molar-refractivity contribution < 1.29 is 14.4 Å². The van der Waals surface area contributed by atoms with Crippen LogP contribution in [0.5, 0.6) is 0 Å². The smallest absolute Gasteiger partial charge is 0.325 e. The number of carbonyl (C=O) groups excluding carboxylic acids is 3. The third kappa shape index (κ3) is 6.78. The molecular weight excluding hydrogens is 308 g/mol. The normalized spacial score (nSPS) is 10.5. The van der Waals surface area contributed by atoms with Crippen molar-refractivity contribution in [1.82, 2.24) is 10.2 Å². The summed E-state index contributed by atoms with van der Waals surface area (Å²) in [5.74, 6) is -0.978. The Hall–Kier alpha value is -2.41. The first-order valence-corrected chi connectivity index (χ1v) is 8.01. The minimum absolute atomic E-state index is 0.00791. The summed E-state index contributed by atoms with van der Waals surface area (Å²) in [5.41, 5.74) is 7.83. The number of urea groups is 1. The van der Waals surface area contributed by atoms with Crippen molar-refractivity contribution in [2.75, 3.05) is 25.0 Å². The van der Waals surface area contributed by atoms with E-state index in [9.17, 15) is 14.4 Å². The van der Waals surface area contributed by atoms with E-state index in [1.54, 1.807) is 11.0 Å². The fraction of sp³-hybridized carbons (Fsp3) is 0.471. The first-order chi connectivity index (χ1) is 11.3. The van der Waals surface area contributed by atoms with E-state index in [-0.39, 0.29) is 13.1 Å². The molecule has 0 saturated carbocycles. The van der Waals surface area contributed by atoms with E-state index in [1.165, 1.54) is 0 Å². The summed E-state index contributed by atoms with van der Waals surface area (Å²) in [6.07, 6.45) is 1.78. The number of nitrogens with one attached hydrogen (secondary N) is 2. The molecule has 0 bridgehead atoms. The highest BCUT2D eigenvalue weighted by Crippen LogP contribution is 2.17. The fourth-order valence-electron chi connectivity index (χ4n) is 2.23. The molecule has 4 amide bonds. The Bertz CT molecular complexity index is 601. The van der Waals surface area contributed by atoms with Crippen LogP contribution in [0.15, 0.2) is 18.2 Å². The van der Waals surface area contributed by atoms with Gasteiger partial charge in [0.2, 0.25) is 11.8 Å². The van der Waals surface area contributed by atoms with Gasteiger partial charge in [0.05, 0.1) is 13.1 Å². The van der Waals surface area contributed by atoms with Gasteiger partial charge >= 0.3 is 6.03 Å². The number of carbonyl (C=O) groups is 3. The second-order valence-corrected chi connectivity index (χ2v) is 5.78. The maximum atomic E-state index is 12.0. The van der Waals surface area contributed by atoms with Crippen LogP contribution in [0.4, 0.5) is 10.5 Å². The zero-order valence-electron chi connectivity index (χ0n) is 14.5. The van der Waals surface area contributed by atoms with Gasteiger partial charge in [-0.05, 0) is 44.0 Å².